The molecule has 0 unspecified atom stereocenters. The van der Waals surface area contributed by atoms with Crippen LogP contribution in [-0.2, 0) is 0 Å². The first-order valence-electron chi connectivity index (χ1n) is 14.5. The summed E-state index contributed by atoms with van der Waals surface area (Å²) in [4.78, 5) is 10.1. The Morgan fingerprint density at radius 1 is 0.372 bits per heavy atom. The van der Waals surface area contributed by atoms with Crippen molar-refractivity contribution in [3.05, 3.63) is 164 Å². The maximum absolute atomic E-state index is 5.13. The molecule has 0 saturated carbocycles. The zero-order chi connectivity index (χ0) is 28.6. The third kappa shape index (κ3) is 4.48. The van der Waals surface area contributed by atoms with Crippen molar-refractivity contribution < 1.29 is 0 Å². The average Bonchev–Trinajstić information content (AvgIpc) is 3.43. The lowest BCUT2D eigenvalue weighted by atomic mass is 9.95. The molecule has 0 aliphatic carbocycles. The third-order valence-electron chi connectivity index (χ3n) is 8.03. The van der Waals surface area contributed by atoms with Crippen molar-refractivity contribution in [2.75, 3.05) is 0 Å². The quantitative estimate of drug-likeness (QED) is 0.214. The molecule has 43 heavy (non-hydrogen) atoms. The molecule has 0 atom stereocenters. The lowest BCUT2D eigenvalue weighted by molar-refractivity contribution is 1.18. The van der Waals surface area contributed by atoms with Crippen LogP contribution in [0.4, 0.5) is 0 Å². The van der Waals surface area contributed by atoms with Gasteiger partial charge in [0.2, 0.25) is 0 Å². The highest BCUT2D eigenvalue weighted by Gasteiger charge is 2.16. The largest absolute Gasteiger partial charge is 0.309 e. The lowest BCUT2D eigenvalue weighted by Gasteiger charge is -2.13. The van der Waals surface area contributed by atoms with Crippen molar-refractivity contribution in [1.82, 2.24) is 14.5 Å². The van der Waals surface area contributed by atoms with E-state index in [9.17, 15) is 0 Å². The second kappa shape index (κ2) is 10.6. The Bertz CT molecular complexity index is 2160. The van der Waals surface area contributed by atoms with Gasteiger partial charge in [0.05, 0.1) is 22.4 Å². The standard InChI is InChI=1S/C40H27N3/c1-4-14-28(15-5-1)36-27-37(42-40(41-36)29-16-6-2-7-17-29)33-21-11-10-20-32(33)30-24-25-39-35(26-30)34-22-12-13-23-38(34)43(39)31-18-8-3-9-19-31/h1-27H. The molecule has 0 amide bonds. The van der Waals surface area contributed by atoms with Crippen LogP contribution in [0.2, 0.25) is 0 Å². The summed E-state index contributed by atoms with van der Waals surface area (Å²) in [5.41, 5.74) is 10.8. The van der Waals surface area contributed by atoms with Gasteiger partial charge in [-0.2, -0.15) is 0 Å². The zero-order valence-electron chi connectivity index (χ0n) is 23.4. The maximum atomic E-state index is 5.13. The fraction of sp³-hybridized carbons (Fsp3) is 0. The average molecular weight is 550 g/mol. The molecule has 0 saturated heterocycles. The van der Waals surface area contributed by atoms with E-state index in [1.807, 2.05) is 36.4 Å². The normalized spacial score (nSPS) is 11.3. The number of hydrogen-bond acceptors (Lipinski definition) is 2. The Morgan fingerprint density at radius 2 is 0.953 bits per heavy atom. The van der Waals surface area contributed by atoms with Gasteiger partial charge in [-0.3, -0.25) is 0 Å². The summed E-state index contributed by atoms with van der Waals surface area (Å²) in [6, 6.07) is 57.2. The third-order valence-corrected chi connectivity index (χ3v) is 8.03. The van der Waals surface area contributed by atoms with Gasteiger partial charge in [-0.05, 0) is 47.5 Å². The number of benzene rings is 6. The van der Waals surface area contributed by atoms with Crippen molar-refractivity contribution in [3.8, 4) is 50.7 Å². The summed E-state index contributed by atoms with van der Waals surface area (Å²) in [7, 11) is 0. The number of hydrogen-bond donors (Lipinski definition) is 0. The van der Waals surface area contributed by atoms with E-state index in [0.717, 1.165) is 44.9 Å². The van der Waals surface area contributed by atoms with Crippen LogP contribution in [-0.4, -0.2) is 14.5 Å². The highest BCUT2D eigenvalue weighted by Crippen LogP contribution is 2.38. The first-order valence-corrected chi connectivity index (χ1v) is 14.5. The van der Waals surface area contributed by atoms with Gasteiger partial charge in [-0.15, -0.1) is 0 Å². The Balaban J connectivity index is 1.33. The molecule has 2 aromatic heterocycles. The zero-order valence-corrected chi connectivity index (χ0v) is 23.4. The van der Waals surface area contributed by atoms with Crippen molar-refractivity contribution in [2.24, 2.45) is 0 Å². The molecule has 0 spiro atoms. The lowest BCUT2D eigenvalue weighted by Crippen LogP contribution is -1.97. The molecule has 0 radical (unpaired) electrons. The van der Waals surface area contributed by atoms with E-state index in [4.69, 9.17) is 9.97 Å². The van der Waals surface area contributed by atoms with E-state index in [0.29, 0.717) is 5.82 Å². The van der Waals surface area contributed by atoms with Gasteiger partial charge < -0.3 is 4.57 Å². The molecule has 0 fully saturated rings. The summed E-state index contributed by atoms with van der Waals surface area (Å²) < 4.78 is 2.35. The number of nitrogens with zero attached hydrogens (tertiary/aromatic N) is 3. The van der Waals surface area contributed by atoms with E-state index >= 15 is 0 Å². The molecule has 0 bridgehead atoms. The summed E-state index contributed by atoms with van der Waals surface area (Å²) in [5.74, 6) is 0.716. The minimum absolute atomic E-state index is 0.716. The fourth-order valence-corrected chi connectivity index (χ4v) is 6.01. The molecule has 8 aromatic rings. The first kappa shape index (κ1) is 25.0. The predicted molar refractivity (Wildman–Crippen MR) is 178 cm³/mol. The van der Waals surface area contributed by atoms with E-state index in [2.05, 4.69) is 132 Å². The maximum Gasteiger partial charge on any atom is 0.160 e. The van der Waals surface area contributed by atoms with Gasteiger partial charge in [-0.1, -0.05) is 127 Å². The van der Waals surface area contributed by atoms with Gasteiger partial charge in [0.1, 0.15) is 0 Å². The number of para-hydroxylation sites is 2. The van der Waals surface area contributed by atoms with Crippen LogP contribution in [0, 0.1) is 0 Å². The van der Waals surface area contributed by atoms with Crippen LogP contribution in [0.25, 0.3) is 72.5 Å². The van der Waals surface area contributed by atoms with Gasteiger partial charge in [-0.25, -0.2) is 9.97 Å². The second-order valence-electron chi connectivity index (χ2n) is 10.7. The molecule has 0 aliphatic heterocycles. The van der Waals surface area contributed by atoms with E-state index in [1.165, 1.54) is 21.8 Å². The Labute approximate surface area is 250 Å². The fourth-order valence-electron chi connectivity index (χ4n) is 6.01. The Kier molecular flexibility index (Phi) is 6.12. The van der Waals surface area contributed by atoms with E-state index in [-0.39, 0.29) is 0 Å². The number of rotatable bonds is 5. The van der Waals surface area contributed by atoms with E-state index < -0.39 is 0 Å². The molecular weight excluding hydrogens is 522 g/mol. The van der Waals surface area contributed by atoms with Crippen molar-refractivity contribution in [3.63, 3.8) is 0 Å². The summed E-state index contributed by atoms with van der Waals surface area (Å²) in [6.45, 7) is 0. The minimum atomic E-state index is 0.716. The molecule has 0 aliphatic rings. The monoisotopic (exact) mass is 549 g/mol. The predicted octanol–water partition coefficient (Wildman–Crippen LogP) is 10.2. The SMILES string of the molecule is c1ccc(-c2cc(-c3ccccc3-c3ccc4c(c3)c3ccccc3n4-c3ccccc3)nc(-c3ccccc3)n2)cc1. The smallest absolute Gasteiger partial charge is 0.160 e. The number of aromatic nitrogens is 3. The molecular formula is C40H27N3. The van der Waals surface area contributed by atoms with Crippen LogP contribution in [0.5, 0.6) is 0 Å². The van der Waals surface area contributed by atoms with Crippen molar-refractivity contribution in [2.45, 2.75) is 0 Å². The van der Waals surface area contributed by atoms with Crippen LogP contribution >= 0.6 is 0 Å². The highest BCUT2D eigenvalue weighted by atomic mass is 15.0. The van der Waals surface area contributed by atoms with Crippen LogP contribution in [0.3, 0.4) is 0 Å². The van der Waals surface area contributed by atoms with Gasteiger partial charge in [0, 0.05) is 33.2 Å². The van der Waals surface area contributed by atoms with E-state index in [1.54, 1.807) is 0 Å². The molecule has 3 heteroatoms. The molecule has 2 heterocycles. The first-order chi connectivity index (χ1) is 21.3. The van der Waals surface area contributed by atoms with Gasteiger partial charge in [0.25, 0.3) is 0 Å². The van der Waals surface area contributed by atoms with Crippen LogP contribution < -0.4 is 0 Å². The minimum Gasteiger partial charge on any atom is -0.309 e. The molecule has 3 nitrogen and oxygen atoms in total. The molecule has 202 valence electrons. The van der Waals surface area contributed by atoms with Gasteiger partial charge >= 0.3 is 0 Å². The molecule has 8 rings (SSSR count). The second-order valence-corrected chi connectivity index (χ2v) is 10.7. The summed E-state index contributed by atoms with van der Waals surface area (Å²) in [5, 5.41) is 2.46. The Hall–Kier alpha value is -5.80. The topological polar surface area (TPSA) is 30.7 Å². The Morgan fingerprint density at radius 3 is 1.72 bits per heavy atom. The van der Waals surface area contributed by atoms with Crippen LogP contribution in [0.15, 0.2) is 164 Å². The van der Waals surface area contributed by atoms with Gasteiger partial charge in [0.15, 0.2) is 5.82 Å². The summed E-state index contributed by atoms with van der Waals surface area (Å²) in [6.07, 6.45) is 0. The summed E-state index contributed by atoms with van der Waals surface area (Å²) >= 11 is 0. The van der Waals surface area contributed by atoms with Crippen molar-refractivity contribution >= 4 is 21.8 Å². The molecule has 0 N–H and O–H groups in total. The number of fused-ring (bicyclic) bond motifs is 3. The highest BCUT2D eigenvalue weighted by molar-refractivity contribution is 6.10. The molecule has 6 aromatic carbocycles. The van der Waals surface area contributed by atoms with Crippen LogP contribution in [0.1, 0.15) is 0 Å². The van der Waals surface area contributed by atoms with Crippen molar-refractivity contribution in [1.29, 1.82) is 0 Å².